The van der Waals surface area contributed by atoms with Crippen molar-refractivity contribution in [2.45, 2.75) is 0 Å². The topological polar surface area (TPSA) is 88.5 Å². The fourth-order valence-corrected chi connectivity index (χ4v) is 0.186. The smallest absolute Gasteiger partial charge is 0.200 e. The standard InChI is InChI=1S/C4H7N3O2/c5-3-4(6)9-2-1-7-8/h1-2,6H,3,5H2/b2-1+,6-4?. The first-order valence-electron chi connectivity index (χ1n) is 2.23. The molecule has 0 heterocycles. The number of nitrogens with two attached hydrogens (primary N) is 1. The van der Waals surface area contributed by atoms with Crippen molar-refractivity contribution >= 4 is 5.90 Å². The van der Waals surface area contributed by atoms with Gasteiger partial charge < -0.3 is 10.5 Å². The van der Waals surface area contributed by atoms with E-state index in [4.69, 9.17) is 11.1 Å². The first-order chi connectivity index (χ1) is 4.31. The summed E-state index contributed by atoms with van der Waals surface area (Å²) in [5.41, 5.74) is 4.96. The summed E-state index contributed by atoms with van der Waals surface area (Å²) in [6.07, 6.45) is 1.90. The van der Waals surface area contributed by atoms with E-state index in [-0.39, 0.29) is 12.4 Å². The molecule has 0 fully saturated rings. The van der Waals surface area contributed by atoms with Crippen LogP contribution in [0, 0.1) is 10.3 Å². The molecule has 0 saturated carbocycles. The van der Waals surface area contributed by atoms with Crippen LogP contribution in [0.4, 0.5) is 0 Å². The molecule has 0 aliphatic heterocycles. The van der Waals surface area contributed by atoms with E-state index >= 15 is 0 Å². The number of nitroso groups, excluding NO2 is 1. The van der Waals surface area contributed by atoms with Gasteiger partial charge in [0.2, 0.25) is 0 Å². The number of hydrogen-bond acceptors (Lipinski definition) is 5. The van der Waals surface area contributed by atoms with Gasteiger partial charge in [-0.15, -0.1) is 4.91 Å². The maximum absolute atomic E-state index is 9.36. The predicted molar refractivity (Wildman–Crippen MR) is 32.8 cm³/mol. The van der Waals surface area contributed by atoms with Crippen molar-refractivity contribution in [3.05, 3.63) is 17.4 Å². The Morgan fingerprint density at radius 3 is 3.00 bits per heavy atom. The van der Waals surface area contributed by atoms with Crippen LogP contribution in [-0.2, 0) is 4.74 Å². The van der Waals surface area contributed by atoms with E-state index in [0.29, 0.717) is 0 Å². The van der Waals surface area contributed by atoms with E-state index < -0.39 is 0 Å². The lowest BCUT2D eigenvalue weighted by atomic mass is 10.7. The number of nitrogens with one attached hydrogen (secondary N) is 1. The van der Waals surface area contributed by atoms with Crippen molar-refractivity contribution in [2.24, 2.45) is 10.9 Å². The fraction of sp³-hybridized carbons (Fsp3) is 0.250. The second-order valence-corrected chi connectivity index (χ2v) is 1.14. The van der Waals surface area contributed by atoms with Gasteiger partial charge in [0.05, 0.1) is 6.54 Å². The van der Waals surface area contributed by atoms with Crippen molar-refractivity contribution < 1.29 is 4.74 Å². The summed E-state index contributed by atoms with van der Waals surface area (Å²) in [6, 6.07) is 0. The molecule has 0 spiro atoms. The van der Waals surface area contributed by atoms with Crippen LogP contribution in [0.1, 0.15) is 0 Å². The molecule has 0 saturated heterocycles. The zero-order valence-electron chi connectivity index (χ0n) is 4.70. The Morgan fingerprint density at radius 2 is 2.56 bits per heavy atom. The zero-order chi connectivity index (χ0) is 7.11. The minimum Gasteiger partial charge on any atom is -0.448 e. The molecule has 0 aliphatic carbocycles. The molecule has 0 aromatic carbocycles. The molecule has 0 radical (unpaired) electrons. The lowest BCUT2D eigenvalue weighted by Crippen LogP contribution is -2.13. The van der Waals surface area contributed by atoms with Crippen LogP contribution < -0.4 is 5.73 Å². The highest BCUT2D eigenvalue weighted by Crippen LogP contribution is 1.78. The lowest BCUT2D eigenvalue weighted by molar-refractivity contribution is 0.457. The van der Waals surface area contributed by atoms with Gasteiger partial charge in [-0.05, 0) is 5.18 Å². The van der Waals surface area contributed by atoms with Gasteiger partial charge in [-0.2, -0.15) is 0 Å². The van der Waals surface area contributed by atoms with Gasteiger partial charge in [-0.3, -0.25) is 5.41 Å². The van der Waals surface area contributed by atoms with E-state index in [1.54, 1.807) is 0 Å². The quantitative estimate of drug-likeness (QED) is 0.246. The van der Waals surface area contributed by atoms with E-state index in [2.05, 4.69) is 9.91 Å². The fourth-order valence-electron chi connectivity index (χ4n) is 0.186. The summed E-state index contributed by atoms with van der Waals surface area (Å²) in [6.45, 7) is 0.0171. The number of rotatable bonds is 3. The summed E-state index contributed by atoms with van der Waals surface area (Å²) in [4.78, 5) is 9.36. The Labute approximate surface area is 52.0 Å². The van der Waals surface area contributed by atoms with Crippen LogP contribution in [0.3, 0.4) is 0 Å². The molecule has 0 aromatic heterocycles. The molecule has 0 rings (SSSR count). The van der Waals surface area contributed by atoms with Gasteiger partial charge >= 0.3 is 0 Å². The summed E-state index contributed by atoms with van der Waals surface area (Å²) in [5, 5.41) is 9.12. The lowest BCUT2D eigenvalue weighted by Gasteiger charge is -1.93. The van der Waals surface area contributed by atoms with Gasteiger partial charge in [-0.25, -0.2) is 0 Å². The van der Waals surface area contributed by atoms with Gasteiger partial charge in [0.1, 0.15) is 12.5 Å². The molecule has 50 valence electrons. The minimum absolute atomic E-state index is 0.0171. The second kappa shape index (κ2) is 4.92. The molecule has 3 N–H and O–H groups in total. The molecule has 0 aliphatic rings. The maximum atomic E-state index is 9.36. The highest BCUT2D eigenvalue weighted by Gasteiger charge is 1.85. The third-order valence-corrected chi connectivity index (χ3v) is 0.517. The van der Waals surface area contributed by atoms with Crippen LogP contribution in [0.2, 0.25) is 0 Å². The van der Waals surface area contributed by atoms with E-state index in [0.717, 1.165) is 12.5 Å². The largest absolute Gasteiger partial charge is 0.448 e. The number of hydrogen-bond donors (Lipinski definition) is 2. The number of ether oxygens (including phenoxy) is 1. The molecule has 5 nitrogen and oxygen atoms in total. The predicted octanol–water partition coefficient (Wildman–Crippen LogP) is 0.177. The van der Waals surface area contributed by atoms with Crippen LogP contribution in [0.5, 0.6) is 0 Å². The van der Waals surface area contributed by atoms with Crippen LogP contribution in [0.25, 0.3) is 0 Å². The maximum Gasteiger partial charge on any atom is 0.200 e. The van der Waals surface area contributed by atoms with E-state index in [1.807, 2.05) is 0 Å². The Morgan fingerprint density at radius 1 is 1.89 bits per heavy atom. The average Bonchev–Trinajstić information content (AvgIpc) is 1.89. The third-order valence-electron chi connectivity index (χ3n) is 0.517. The molecule has 0 unspecified atom stereocenters. The Kier molecular flexibility index (Phi) is 4.25. The molecule has 5 heteroatoms. The SMILES string of the molecule is N=C(CN)O/C=C/N=O. The Hall–Kier alpha value is -1.23. The molecule has 0 bridgehead atoms. The van der Waals surface area contributed by atoms with E-state index in [9.17, 15) is 4.91 Å². The summed E-state index contributed by atoms with van der Waals surface area (Å²) < 4.78 is 4.42. The molecule has 9 heavy (non-hydrogen) atoms. The molecule has 0 atom stereocenters. The first-order valence-corrected chi connectivity index (χ1v) is 2.23. The van der Waals surface area contributed by atoms with Gasteiger partial charge in [0.15, 0.2) is 5.90 Å². The first kappa shape index (κ1) is 7.77. The second-order valence-electron chi connectivity index (χ2n) is 1.14. The summed E-state index contributed by atoms with van der Waals surface area (Å²) in [7, 11) is 0. The normalized spacial score (nSPS) is 9.44. The Balaban J connectivity index is 3.37. The van der Waals surface area contributed by atoms with Crippen LogP contribution >= 0.6 is 0 Å². The monoisotopic (exact) mass is 129 g/mol. The number of nitrogens with zero attached hydrogens (tertiary/aromatic N) is 1. The van der Waals surface area contributed by atoms with Crippen molar-refractivity contribution in [1.82, 2.24) is 0 Å². The third kappa shape index (κ3) is 4.63. The van der Waals surface area contributed by atoms with Crippen LogP contribution in [-0.4, -0.2) is 12.4 Å². The molecule has 0 amide bonds. The van der Waals surface area contributed by atoms with Crippen LogP contribution in [0.15, 0.2) is 17.6 Å². The molecular formula is C4H7N3O2. The van der Waals surface area contributed by atoms with Crippen molar-refractivity contribution in [1.29, 1.82) is 5.41 Å². The zero-order valence-corrected chi connectivity index (χ0v) is 4.70. The van der Waals surface area contributed by atoms with Crippen molar-refractivity contribution in [3.8, 4) is 0 Å². The van der Waals surface area contributed by atoms with E-state index in [1.165, 1.54) is 0 Å². The molecule has 0 aromatic rings. The summed E-state index contributed by atoms with van der Waals surface area (Å²) in [5.74, 6) is -0.102. The van der Waals surface area contributed by atoms with Gasteiger partial charge in [0, 0.05) is 0 Å². The minimum atomic E-state index is -0.102. The van der Waals surface area contributed by atoms with Crippen molar-refractivity contribution in [3.63, 3.8) is 0 Å². The van der Waals surface area contributed by atoms with Crippen molar-refractivity contribution in [2.75, 3.05) is 6.54 Å². The average molecular weight is 129 g/mol. The summed E-state index contributed by atoms with van der Waals surface area (Å²) >= 11 is 0. The highest BCUT2D eigenvalue weighted by atomic mass is 16.5. The van der Waals surface area contributed by atoms with Gasteiger partial charge in [0.25, 0.3) is 0 Å². The highest BCUT2D eigenvalue weighted by molar-refractivity contribution is 5.74. The van der Waals surface area contributed by atoms with Gasteiger partial charge in [-0.1, -0.05) is 0 Å². The Bertz CT molecular complexity index is 132. The molecular weight excluding hydrogens is 122 g/mol.